The molecule has 6 heterocycles. The summed E-state index contributed by atoms with van der Waals surface area (Å²) in [5.41, 5.74) is 8.01. The molecule has 0 saturated carbocycles. The van der Waals surface area contributed by atoms with Crippen LogP contribution in [0.1, 0.15) is 72.8 Å². The maximum Gasteiger partial charge on any atom is 0.320 e. The molecule has 0 radical (unpaired) electrons. The number of hydrogen-bond donors (Lipinski definition) is 3. The molecule has 0 aliphatic carbocycles. The number of carbonyl (C=O) groups is 7. The minimum atomic E-state index is -1.02. The summed E-state index contributed by atoms with van der Waals surface area (Å²) in [7, 11) is 1.80. The molecule has 4 saturated heterocycles. The Balaban J connectivity index is 0.866. The van der Waals surface area contributed by atoms with Gasteiger partial charge in [0.05, 0.1) is 23.4 Å². The maximum absolute atomic E-state index is 13.5. The molecular weight excluding hydrogens is 734 g/mol. The Kier molecular flexibility index (Phi) is 10.0. The number of amides is 8. The van der Waals surface area contributed by atoms with Gasteiger partial charge in [0.2, 0.25) is 11.8 Å². The van der Waals surface area contributed by atoms with Crippen molar-refractivity contribution in [3.05, 3.63) is 76.6 Å². The van der Waals surface area contributed by atoms with Crippen molar-refractivity contribution >= 4 is 58.8 Å². The molecule has 5 aliphatic heterocycles. The standard InChI is InChI=1S/C39H43N11O7/c1-45-13-18-49(39(45)57)26-3-2-12-48(22-26)30-20-41-32(33(40)52)34(43-30)42-25-7-5-24(6-8-25)36(54)47-16-14-46(15-17-47)21-23-4-9-27-28(19-23)38(56)50(37(27)55)29-10-11-31(51)44-35(29)53/h4-9,19-20,26,29H,2-3,10-18,21-22H2,1H3,(H2,40,52)(H,42,43)(H,44,51,53)/t26-,29?/m0/s1. The van der Waals surface area contributed by atoms with E-state index >= 15 is 0 Å². The first-order valence-corrected chi connectivity index (χ1v) is 19.1. The molecule has 4 N–H and O–H groups in total. The Bertz CT molecular complexity index is 2170. The van der Waals surface area contributed by atoms with E-state index < -0.39 is 35.6 Å². The number of nitrogens with one attached hydrogen (secondary N) is 2. The molecule has 1 unspecified atom stereocenters. The minimum Gasteiger partial charge on any atom is -0.364 e. The second-order valence-electron chi connectivity index (χ2n) is 15.0. The largest absolute Gasteiger partial charge is 0.364 e. The highest BCUT2D eigenvalue weighted by Gasteiger charge is 2.44. The zero-order valence-corrected chi connectivity index (χ0v) is 31.5. The van der Waals surface area contributed by atoms with Gasteiger partial charge in [0.15, 0.2) is 11.5 Å². The van der Waals surface area contributed by atoms with Gasteiger partial charge < -0.3 is 30.7 Å². The Morgan fingerprint density at radius 1 is 0.895 bits per heavy atom. The molecule has 18 nitrogen and oxygen atoms in total. The lowest BCUT2D eigenvalue weighted by Crippen LogP contribution is -2.54. The van der Waals surface area contributed by atoms with Crippen LogP contribution in [0.2, 0.25) is 0 Å². The molecular formula is C39H43N11O7. The number of piperazine rings is 1. The van der Waals surface area contributed by atoms with Crippen molar-refractivity contribution in [3.63, 3.8) is 0 Å². The van der Waals surface area contributed by atoms with E-state index in [4.69, 9.17) is 10.7 Å². The smallest absolute Gasteiger partial charge is 0.320 e. The summed E-state index contributed by atoms with van der Waals surface area (Å²) in [6, 6.07) is 11.0. The summed E-state index contributed by atoms with van der Waals surface area (Å²) >= 11 is 0. The SMILES string of the molecule is CN1CCN([C@H]2CCCN(c3cnc(C(N)=O)c(Nc4ccc(C(=O)N5CCN(Cc6ccc7c(c6)C(=O)N(C6CCC(=O)NC6=O)C7=O)CC5)cc4)n3)C2)C1=O. The van der Waals surface area contributed by atoms with Crippen LogP contribution < -0.4 is 21.3 Å². The summed E-state index contributed by atoms with van der Waals surface area (Å²) < 4.78 is 0. The van der Waals surface area contributed by atoms with Gasteiger partial charge in [-0.25, -0.2) is 14.8 Å². The van der Waals surface area contributed by atoms with Crippen LogP contribution in [-0.4, -0.2) is 147 Å². The highest BCUT2D eigenvalue weighted by molar-refractivity contribution is 6.23. The predicted octanol–water partition coefficient (Wildman–Crippen LogP) is 1.01. The number of hydrogen-bond acceptors (Lipinski definition) is 12. The van der Waals surface area contributed by atoms with Crippen molar-refractivity contribution in [3.8, 4) is 0 Å². The number of imide groups is 2. The molecule has 18 heteroatoms. The van der Waals surface area contributed by atoms with Crippen molar-refractivity contribution in [1.82, 2.24) is 39.8 Å². The third kappa shape index (κ3) is 7.35. The molecule has 296 valence electrons. The molecule has 3 aromatic rings. The number of nitrogens with zero attached hydrogens (tertiary/aromatic N) is 8. The van der Waals surface area contributed by atoms with Gasteiger partial charge in [-0.15, -0.1) is 0 Å². The van der Waals surface area contributed by atoms with Crippen LogP contribution in [0.5, 0.6) is 0 Å². The summed E-state index contributed by atoms with van der Waals surface area (Å²) in [5.74, 6) is -2.27. The monoisotopic (exact) mass is 777 g/mol. The lowest BCUT2D eigenvalue weighted by molar-refractivity contribution is -0.136. The van der Waals surface area contributed by atoms with E-state index in [0.717, 1.165) is 29.8 Å². The Morgan fingerprint density at radius 2 is 1.65 bits per heavy atom. The topological polar surface area (TPSA) is 215 Å². The van der Waals surface area contributed by atoms with Crippen LogP contribution >= 0.6 is 0 Å². The second-order valence-corrected chi connectivity index (χ2v) is 15.0. The van der Waals surface area contributed by atoms with E-state index in [2.05, 4.69) is 25.4 Å². The molecule has 0 bridgehead atoms. The zero-order valence-electron chi connectivity index (χ0n) is 31.5. The van der Waals surface area contributed by atoms with Crippen molar-refractivity contribution < 1.29 is 33.6 Å². The highest BCUT2D eigenvalue weighted by Crippen LogP contribution is 2.30. The van der Waals surface area contributed by atoms with E-state index in [9.17, 15) is 33.6 Å². The molecule has 8 amide bonds. The van der Waals surface area contributed by atoms with Gasteiger partial charge in [-0.1, -0.05) is 6.07 Å². The van der Waals surface area contributed by atoms with Gasteiger partial charge >= 0.3 is 6.03 Å². The van der Waals surface area contributed by atoms with Crippen molar-refractivity contribution in [2.45, 2.75) is 44.3 Å². The van der Waals surface area contributed by atoms with Crippen LogP contribution in [0, 0.1) is 0 Å². The first-order valence-electron chi connectivity index (χ1n) is 19.1. The van der Waals surface area contributed by atoms with E-state index in [0.29, 0.717) is 69.4 Å². The van der Waals surface area contributed by atoms with E-state index in [1.807, 2.05) is 4.90 Å². The van der Waals surface area contributed by atoms with E-state index in [1.54, 1.807) is 59.3 Å². The fraction of sp³-hybridized carbons (Fsp3) is 0.410. The fourth-order valence-electron chi connectivity index (χ4n) is 8.22. The predicted molar refractivity (Wildman–Crippen MR) is 205 cm³/mol. The molecule has 8 rings (SSSR count). The third-order valence-electron chi connectivity index (χ3n) is 11.4. The summed E-state index contributed by atoms with van der Waals surface area (Å²) in [6.45, 7) is 5.35. The number of anilines is 3. The maximum atomic E-state index is 13.5. The van der Waals surface area contributed by atoms with Crippen molar-refractivity contribution in [1.29, 1.82) is 0 Å². The Morgan fingerprint density at radius 3 is 2.35 bits per heavy atom. The Hall–Kier alpha value is -6.43. The molecule has 57 heavy (non-hydrogen) atoms. The molecule has 5 aliphatic rings. The number of likely N-dealkylation sites (N-methyl/N-ethyl adjacent to an activating group) is 1. The van der Waals surface area contributed by atoms with Crippen molar-refractivity contribution in [2.75, 3.05) is 69.6 Å². The first-order chi connectivity index (χ1) is 27.4. The summed E-state index contributed by atoms with van der Waals surface area (Å²) in [4.78, 5) is 108. The normalized spacial score (nSPS) is 21.6. The Labute approximate surface area is 327 Å². The number of benzene rings is 2. The van der Waals surface area contributed by atoms with Gasteiger partial charge in [0, 0.05) is 83.6 Å². The lowest BCUT2D eigenvalue weighted by atomic mass is 10.0. The van der Waals surface area contributed by atoms with Gasteiger partial charge in [-0.2, -0.15) is 0 Å². The number of fused-ring (bicyclic) bond motifs is 1. The first kappa shape index (κ1) is 37.5. The van der Waals surface area contributed by atoms with Gasteiger partial charge in [-0.05, 0) is 61.2 Å². The van der Waals surface area contributed by atoms with E-state index in [1.165, 1.54) is 6.20 Å². The molecule has 1 aromatic heterocycles. The summed E-state index contributed by atoms with van der Waals surface area (Å²) in [5, 5.41) is 5.36. The van der Waals surface area contributed by atoms with E-state index in [-0.39, 0.29) is 53.5 Å². The number of piperidine rings is 2. The highest BCUT2D eigenvalue weighted by atomic mass is 16.2. The third-order valence-corrected chi connectivity index (χ3v) is 11.4. The zero-order chi connectivity index (χ0) is 40.0. The van der Waals surface area contributed by atoms with Crippen LogP contribution in [-0.2, 0) is 16.1 Å². The molecule has 0 spiro atoms. The number of nitrogens with two attached hydrogens (primary N) is 1. The van der Waals surface area contributed by atoms with Crippen LogP contribution in [0.4, 0.5) is 22.1 Å². The van der Waals surface area contributed by atoms with Gasteiger partial charge in [0.1, 0.15) is 11.9 Å². The number of aromatic nitrogens is 2. The quantitative estimate of drug-likeness (QED) is 0.260. The molecule has 2 aromatic carbocycles. The summed E-state index contributed by atoms with van der Waals surface area (Å²) in [6.07, 6.45) is 3.45. The van der Waals surface area contributed by atoms with Gasteiger partial charge in [0.25, 0.3) is 23.6 Å². The van der Waals surface area contributed by atoms with Crippen LogP contribution in [0.3, 0.4) is 0 Å². The minimum absolute atomic E-state index is 0.0177. The molecule has 2 atom stereocenters. The van der Waals surface area contributed by atoms with Crippen LogP contribution in [0.25, 0.3) is 0 Å². The average molecular weight is 778 g/mol. The second kappa shape index (κ2) is 15.2. The number of urea groups is 1. The number of primary amides is 1. The number of carbonyl (C=O) groups excluding carboxylic acids is 7. The van der Waals surface area contributed by atoms with Crippen molar-refractivity contribution in [2.24, 2.45) is 5.73 Å². The van der Waals surface area contributed by atoms with Crippen LogP contribution in [0.15, 0.2) is 48.7 Å². The van der Waals surface area contributed by atoms with Gasteiger partial charge in [-0.3, -0.25) is 43.9 Å². The number of rotatable bonds is 9. The molecule has 4 fully saturated rings. The fourth-order valence-corrected chi connectivity index (χ4v) is 8.22. The average Bonchev–Trinajstić information content (AvgIpc) is 3.67. The lowest BCUT2D eigenvalue weighted by Gasteiger charge is -2.37.